The molecule has 0 aliphatic rings. The Morgan fingerprint density at radius 2 is 1.86 bits per heavy atom. The van der Waals surface area contributed by atoms with Gasteiger partial charge in [-0.3, -0.25) is 0 Å². The summed E-state index contributed by atoms with van der Waals surface area (Å²) < 4.78 is 40.2. The van der Waals surface area contributed by atoms with Gasteiger partial charge in [-0.1, -0.05) is 15.9 Å². The van der Waals surface area contributed by atoms with E-state index in [1.807, 2.05) is 0 Å². The van der Waals surface area contributed by atoms with Crippen LogP contribution >= 0.6 is 15.9 Å². The molecule has 2 aromatic rings. The normalized spacial score (nSPS) is 11.4. The summed E-state index contributed by atoms with van der Waals surface area (Å²) in [7, 11) is -2.28. The van der Waals surface area contributed by atoms with Crippen molar-refractivity contribution in [2.45, 2.75) is 4.90 Å². The molecule has 0 saturated carbocycles. The van der Waals surface area contributed by atoms with Crippen LogP contribution in [0.25, 0.3) is 0 Å². The van der Waals surface area contributed by atoms with Gasteiger partial charge in [0, 0.05) is 4.47 Å². The average molecular weight is 374 g/mol. The largest absolute Gasteiger partial charge is 0.397 e. The zero-order valence-electron chi connectivity index (χ0n) is 11.0. The van der Waals surface area contributed by atoms with Gasteiger partial charge in [-0.2, -0.15) is 0 Å². The maximum Gasteiger partial charge on any atom is 0.240 e. The van der Waals surface area contributed by atoms with Crippen LogP contribution in [0.3, 0.4) is 0 Å². The Bertz CT molecular complexity index is 781. The zero-order valence-corrected chi connectivity index (χ0v) is 13.4. The minimum absolute atomic E-state index is 0.0390. The zero-order chi connectivity index (χ0) is 15.6. The van der Waals surface area contributed by atoms with E-state index in [4.69, 9.17) is 5.73 Å². The van der Waals surface area contributed by atoms with Crippen molar-refractivity contribution in [3.05, 3.63) is 46.7 Å². The molecule has 5 nitrogen and oxygen atoms in total. The quantitative estimate of drug-likeness (QED) is 0.719. The van der Waals surface area contributed by atoms with E-state index in [1.165, 1.54) is 37.4 Å². The third kappa shape index (κ3) is 3.52. The lowest BCUT2D eigenvalue weighted by molar-refractivity contribution is 0.588. The van der Waals surface area contributed by atoms with Crippen molar-refractivity contribution >= 4 is 43.0 Å². The van der Waals surface area contributed by atoms with Crippen LogP contribution in [-0.2, 0) is 10.0 Å². The first-order valence-electron chi connectivity index (χ1n) is 5.88. The fourth-order valence-electron chi connectivity index (χ4n) is 1.67. The van der Waals surface area contributed by atoms with Gasteiger partial charge in [-0.15, -0.1) is 0 Å². The molecule has 8 heteroatoms. The third-order valence-electron chi connectivity index (χ3n) is 2.80. The van der Waals surface area contributed by atoms with Crippen LogP contribution in [0.5, 0.6) is 0 Å². The van der Waals surface area contributed by atoms with Gasteiger partial charge in [0.1, 0.15) is 5.82 Å². The number of anilines is 3. The second-order valence-electron chi connectivity index (χ2n) is 4.21. The third-order valence-corrected chi connectivity index (χ3v) is 4.71. The predicted octanol–water partition coefficient (Wildman–Crippen LogP) is 2.82. The van der Waals surface area contributed by atoms with E-state index in [2.05, 4.69) is 26.0 Å². The fraction of sp³-hybridized carbons (Fsp3) is 0.0769. The van der Waals surface area contributed by atoms with Gasteiger partial charge in [0.2, 0.25) is 10.0 Å². The Balaban J connectivity index is 2.45. The van der Waals surface area contributed by atoms with Crippen molar-refractivity contribution < 1.29 is 12.8 Å². The number of nitrogens with two attached hydrogens (primary N) is 1. The van der Waals surface area contributed by atoms with Crippen molar-refractivity contribution in [2.24, 2.45) is 0 Å². The summed E-state index contributed by atoms with van der Waals surface area (Å²) in [6.07, 6.45) is 0. The summed E-state index contributed by atoms with van der Waals surface area (Å²) in [6.45, 7) is 0. The van der Waals surface area contributed by atoms with Crippen molar-refractivity contribution in [3.63, 3.8) is 0 Å². The van der Waals surface area contributed by atoms with Gasteiger partial charge < -0.3 is 11.1 Å². The number of nitrogens with one attached hydrogen (secondary N) is 2. The molecule has 2 rings (SSSR count). The Hall–Kier alpha value is -1.64. The van der Waals surface area contributed by atoms with Crippen LogP contribution in [0.4, 0.5) is 21.5 Å². The van der Waals surface area contributed by atoms with E-state index in [9.17, 15) is 12.8 Å². The molecule has 0 amide bonds. The molecule has 0 aromatic heterocycles. The second kappa shape index (κ2) is 6.00. The SMILES string of the molecule is CNS(=O)(=O)c1ccc(N)c(Nc2cc(Br)ccc2F)c1. The summed E-state index contributed by atoms with van der Waals surface area (Å²) in [6, 6.07) is 8.56. The summed E-state index contributed by atoms with van der Waals surface area (Å²) in [4.78, 5) is 0.0390. The Labute approximate surface area is 130 Å². The van der Waals surface area contributed by atoms with E-state index in [0.29, 0.717) is 15.8 Å². The number of nitrogen functional groups attached to an aromatic ring is 1. The number of hydrogen-bond acceptors (Lipinski definition) is 4. The predicted molar refractivity (Wildman–Crippen MR) is 84.5 cm³/mol. The summed E-state index contributed by atoms with van der Waals surface area (Å²) >= 11 is 3.24. The number of benzene rings is 2. The molecular formula is C13H13BrFN3O2S. The standard InChI is InChI=1S/C13H13BrFN3O2S/c1-17-21(19,20)9-3-5-11(16)13(7-9)18-12-6-8(14)2-4-10(12)15/h2-7,17-18H,16H2,1H3. The second-order valence-corrected chi connectivity index (χ2v) is 7.01. The number of hydrogen-bond donors (Lipinski definition) is 3. The highest BCUT2D eigenvalue weighted by Crippen LogP contribution is 2.29. The number of sulfonamides is 1. The van der Waals surface area contributed by atoms with E-state index in [-0.39, 0.29) is 10.6 Å². The lowest BCUT2D eigenvalue weighted by Gasteiger charge is -2.12. The molecule has 21 heavy (non-hydrogen) atoms. The first-order valence-corrected chi connectivity index (χ1v) is 8.16. The average Bonchev–Trinajstić information content (AvgIpc) is 2.45. The molecule has 4 N–H and O–H groups in total. The minimum Gasteiger partial charge on any atom is -0.397 e. The van der Waals surface area contributed by atoms with E-state index in [0.717, 1.165) is 0 Å². The maximum atomic E-state index is 13.7. The highest BCUT2D eigenvalue weighted by atomic mass is 79.9. The van der Waals surface area contributed by atoms with Gasteiger partial charge in [0.05, 0.1) is 22.0 Å². The summed E-state index contributed by atoms with van der Waals surface area (Å²) in [5.74, 6) is -0.473. The van der Waals surface area contributed by atoms with Crippen LogP contribution in [0, 0.1) is 5.82 Å². The Morgan fingerprint density at radius 1 is 1.14 bits per heavy atom. The first-order chi connectivity index (χ1) is 9.83. The van der Waals surface area contributed by atoms with Gasteiger partial charge in [0.25, 0.3) is 0 Å². The van der Waals surface area contributed by atoms with E-state index < -0.39 is 15.8 Å². The van der Waals surface area contributed by atoms with Crippen LogP contribution < -0.4 is 15.8 Å². The van der Waals surface area contributed by atoms with Crippen LogP contribution in [0.1, 0.15) is 0 Å². The molecule has 0 fully saturated rings. The van der Waals surface area contributed by atoms with Gasteiger partial charge in [-0.05, 0) is 43.4 Å². The van der Waals surface area contributed by atoms with Gasteiger partial charge in [-0.25, -0.2) is 17.5 Å². The molecule has 2 aromatic carbocycles. The van der Waals surface area contributed by atoms with Crippen LogP contribution in [0.2, 0.25) is 0 Å². The highest BCUT2D eigenvalue weighted by molar-refractivity contribution is 9.10. The summed E-state index contributed by atoms with van der Waals surface area (Å²) in [5.41, 5.74) is 6.61. The number of rotatable bonds is 4. The summed E-state index contributed by atoms with van der Waals surface area (Å²) in [5, 5.41) is 2.80. The smallest absolute Gasteiger partial charge is 0.240 e. The first kappa shape index (κ1) is 15.7. The molecule has 0 spiro atoms. The molecule has 0 radical (unpaired) electrons. The fourth-order valence-corrected chi connectivity index (χ4v) is 2.78. The Morgan fingerprint density at radius 3 is 2.52 bits per heavy atom. The topological polar surface area (TPSA) is 84.2 Å². The van der Waals surface area contributed by atoms with Crippen molar-refractivity contribution in [1.82, 2.24) is 4.72 Å². The van der Waals surface area contributed by atoms with Crippen LogP contribution in [-0.4, -0.2) is 15.5 Å². The lowest BCUT2D eigenvalue weighted by atomic mass is 10.2. The van der Waals surface area contributed by atoms with Gasteiger partial charge >= 0.3 is 0 Å². The Kier molecular flexibility index (Phi) is 4.50. The van der Waals surface area contributed by atoms with Gasteiger partial charge in [0.15, 0.2) is 0 Å². The molecule has 0 saturated heterocycles. The lowest BCUT2D eigenvalue weighted by Crippen LogP contribution is -2.18. The molecule has 0 aliphatic heterocycles. The van der Waals surface area contributed by atoms with E-state index >= 15 is 0 Å². The molecule has 0 atom stereocenters. The van der Waals surface area contributed by atoms with Crippen molar-refractivity contribution in [1.29, 1.82) is 0 Å². The van der Waals surface area contributed by atoms with Crippen LogP contribution in [0.15, 0.2) is 45.8 Å². The molecule has 0 aliphatic carbocycles. The molecular weight excluding hydrogens is 361 g/mol. The maximum absolute atomic E-state index is 13.7. The highest BCUT2D eigenvalue weighted by Gasteiger charge is 2.14. The molecule has 0 bridgehead atoms. The minimum atomic E-state index is -3.60. The molecule has 0 unspecified atom stereocenters. The monoisotopic (exact) mass is 373 g/mol. The van der Waals surface area contributed by atoms with Crippen molar-refractivity contribution in [3.8, 4) is 0 Å². The number of halogens is 2. The molecule has 112 valence electrons. The van der Waals surface area contributed by atoms with E-state index in [1.54, 1.807) is 6.07 Å². The van der Waals surface area contributed by atoms with Crippen molar-refractivity contribution in [2.75, 3.05) is 18.1 Å². The molecule has 0 heterocycles.